The minimum Gasteiger partial charge on any atom is -0.444 e. The number of hydrogen-bond donors (Lipinski definition) is 2. The zero-order valence-electron chi connectivity index (χ0n) is 24.0. The van der Waals surface area contributed by atoms with E-state index in [0.717, 1.165) is 52.0 Å². The molecule has 2 amide bonds. The molecule has 3 unspecified atom stereocenters. The monoisotopic (exact) mass is 572 g/mol. The van der Waals surface area contributed by atoms with Gasteiger partial charge < -0.3 is 20.7 Å². The number of piperazine rings is 1. The van der Waals surface area contributed by atoms with Crippen molar-refractivity contribution in [1.82, 2.24) is 15.2 Å². The Balaban J connectivity index is 1.17. The number of nitrogens with two attached hydrogens (primary N) is 1. The topological polar surface area (TPSA) is 125 Å². The zero-order chi connectivity index (χ0) is 29.1. The second-order valence-corrected chi connectivity index (χ2v) is 13.4. The highest BCUT2D eigenvalue weighted by molar-refractivity contribution is 7.21. The Bertz CT molecular complexity index is 1570. The van der Waals surface area contributed by atoms with Gasteiger partial charge in [0.1, 0.15) is 21.4 Å². The lowest BCUT2D eigenvalue weighted by Gasteiger charge is -2.43. The molecular formula is C31H36N6O3S. The van der Waals surface area contributed by atoms with E-state index in [1.54, 1.807) is 0 Å². The molecule has 1 aromatic carbocycles. The van der Waals surface area contributed by atoms with Gasteiger partial charge in [-0.1, -0.05) is 6.07 Å². The van der Waals surface area contributed by atoms with Crippen molar-refractivity contribution in [3.8, 4) is 6.07 Å². The fourth-order valence-electron chi connectivity index (χ4n) is 6.57. The van der Waals surface area contributed by atoms with Crippen LogP contribution in [0.5, 0.6) is 0 Å². The number of carbonyl (C=O) groups is 2. The summed E-state index contributed by atoms with van der Waals surface area (Å²) in [6.07, 6.45) is 3.76. The summed E-state index contributed by atoms with van der Waals surface area (Å²) in [5.41, 5.74) is 11.0. The number of fused-ring (bicyclic) bond motifs is 4. The van der Waals surface area contributed by atoms with E-state index in [-0.39, 0.29) is 30.1 Å². The van der Waals surface area contributed by atoms with Crippen LogP contribution in [0.1, 0.15) is 72.1 Å². The molecular weight excluding hydrogens is 536 g/mol. The molecule has 214 valence electrons. The van der Waals surface area contributed by atoms with Crippen molar-refractivity contribution in [2.24, 2.45) is 0 Å². The molecule has 2 fully saturated rings. The highest BCUT2D eigenvalue weighted by Crippen LogP contribution is 2.38. The number of aromatic nitrogens is 1. The van der Waals surface area contributed by atoms with E-state index >= 15 is 0 Å². The molecule has 2 aromatic heterocycles. The van der Waals surface area contributed by atoms with Crippen LogP contribution in [-0.2, 0) is 17.6 Å². The van der Waals surface area contributed by atoms with Gasteiger partial charge in [-0.05, 0) is 89.1 Å². The number of thiophene rings is 1. The van der Waals surface area contributed by atoms with Gasteiger partial charge in [-0.25, -0.2) is 9.78 Å². The van der Waals surface area contributed by atoms with Crippen LogP contribution < -0.4 is 16.0 Å². The number of rotatable bonds is 3. The molecule has 9 nitrogen and oxygen atoms in total. The van der Waals surface area contributed by atoms with Gasteiger partial charge in [-0.15, -0.1) is 11.3 Å². The molecule has 2 bridgehead atoms. The lowest BCUT2D eigenvalue weighted by molar-refractivity contribution is 0.0123. The summed E-state index contributed by atoms with van der Waals surface area (Å²) >= 11 is 1.32. The van der Waals surface area contributed by atoms with E-state index in [9.17, 15) is 14.9 Å². The maximum Gasteiger partial charge on any atom is 0.410 e. The second kappa shape index (κ2) is 10.2. The molecule has 41 heavy (non-hydrogen) atoms. The Morgan fingerprint density at radius 1 is 1.15 bits per heavy atom. The third-order valence-electron chi connectivity index (χ3n) is 8.41. The largest absolute Gasteiger partial charge is 0.444 e. The van der Waals surface area contributed by atoms with Crippen molar-refractivity contribution in [1.29, 1.82) is 5.26 Å². The summed E-state index contributed by atoms with van der Waals surface area (Å²) in [4.78, 5) is 36.1. The Hall–Kier alpha value is -3.84. The van der Waals surface area contributed by atoms with E-state index in [1.807, 2.05) is 50.8 Å². The van der Waals surface area contributed by atoms with Crippen molar-refractivity contribution in [3.63, 3.8) is 0 Å². The standard InChI is InChI=1S/C31H36N6O3S/c1-17-5-10-23-26(33)27(41-29(23)34-17)28(38)35-19-7-11-22-18(13-19)6-12-25(24(22)14-32)36-15-20-8-9-21(16-36)37(20)30(39)40-31(2,3)4/h5-6,10,12,19-21H,7-9,11,13,15-16,33H2,1-4H3,(H,35,38). The molecule has 10 heteroatoms. The van der Waals surface area contributed by atoms with Crippen molar-refractivity contribution in [2.45, 2.75) is 83.5 Å². The van der Waals surface area contributed by atoms with Crippen molar-refractivity contribution in [2.75, 3.05) is 23.7 Å². The summed E-state index contributed by atoms with van der Waals surface area (Å²) in [5.74, 6) is -0.174. The Kier molecular flexibility index (Phi) is 6.81. The predicted molar refractivity (Wildman–Crippen MR) is 160 cm³/mol. The Labute approximate surface area is 244 Å². The number of nitriles is 1. The number of nitrogen functional groups attached to an aromatic ring is 1. The van der Waals surface area contributed by atoms with Crippen molar-refractivity contribution in [3.05, 3.63) is 51.5 Å². The van der Waals surface area contributed by atoms with Crippen LogP contribution in [0.3, 0.4) is 0 Å². The molecule has 0 radical (unpaired) electrons. The Morgan fingerprint density at radius 3 is 2.56 bits per heavy atom. The minimum absolute atomic E-state index is 0.0417. The first kappa shape index (κ1) is 27.3. The number of anilines is 2. The van der Waals surface area contributed by atoms with Gasteiger partial charge >= 0.3 is 6.09 Å². The maximum absolute atomic E-state index is 13.2. The number of benzene rings is 1. The number of amides is 2. The second-order valence-electron chi connectivity index (χ2n) is 12.5. The fourth-order valence-corrected chi connectivity index (χ4v) is 7.62. The molecule has 3 aromatic rings. The molecule has 3 N–H and O–H groups in total. The van der Waals surface area contributed by atoms with E-state index in [2.05, 4.69) is 27.3 Å². The van der Waals surface area contributed by atoms with E-state index in [4.69, 9.17) is 10.5 Å². The quantitative estimate of drug-likeness (QED) is 0.456. The van der Waals surface area contributed by atoms with E-state index < -0.39 is 5.60 Å². The van der Waals surface area contributed by atoms with Crippen LogP contribution in [0.2, 0.25) is 0 Å². The molecule has 0 saturated carbocycles. The highest BCUT2D eigenvalue weighted by atomic mass is 32.1. The average molecular weight is 573 g/mol. The lowest BCUT2D eigenvalue weighted by atomic mass is 9.84. The first-order valence-corrected chi connectivity index (χ1v) is 15.1. The van der Waals surface area contributed by atoms with Crippen LogP contribution in [0.4, 0.5) is 16.2 Å². The molecule has 2 saturated heterocycles. The summed E-state index contributed by atoms with van der Waals surface area (Å²) in [7, 11) is 0. The van der Waals surface area contributed by atoms with Crippen molar-refractivity contribution >= 4 is 44.9 Å². The predicted octanol–water partition coefficient (Wildman–Crippen LogP) is 4.93. The van der Waals surface area contributed by atoms with Gasteiger partial charge in [0.05, 0.1) is 29.0 Å². The van der Waals surface area contributed by atoms with E-state index in [0.29, 0.717) is 42.1 Å². The summed E-state index contributed by atoms with van der Waals surface area (Å²) < 4.78 is 5.69. The molecule has 4 heterocycles. The van der Waals surface area contributed by atoms with Gasteiger partial charge in [-0.3, -0.25) is 9.69 Å². The minimum atomic E-state index is -0.529. The van der Waals surface area contributed by atoms with Gasteiger partial charge in [0.2, 0.25) is 0 Å². The normalized spacial score (nSPS) is 21.9. The number of aryl methyl sites for hydroxylation is 1. The lowest BCUT2D eigenvalue weighted by Crippen LogP contribution is -2.57. The Morgan fingerprint density at radius 2 is 1.88 bits per heavy atom. The highest BCUT2D eigenvalue weighted by Gasteiger charge is 2.45. The summed E-state index contributed by atoms with van der Waals surface area (Å²) in [6, 6.07) is 10.6. The number of nitrogens with one attached hydrogen (secondary N) is 1. The number of ether oxygens (including phenoxy) is 1. The van der Waals surface area contributed by atoms with E-state index in [1.165, 1.54) is 11.3 Å². The molecule has 6 rings (SSSR count). The number of carbonyl (C=O) groups excluding carboxylic acids is 2. The summed E-state index contributed by atoms with van der Waals surface area (Å²) in [6.45, 7) is 8.97. The van der Waals surface area contributed by atoms with Gasteiger partial charge in [0, 0.05) is 30.2 Å². The van der Waals surface area contributed by atoms with Crippen LogP contribution >= 0.6 is 11.3 Å². The van der Waals surface area contributed by atoms with Gasteiger partial charge in [0.25, 0.3) is 5.91 Å². The number of pyridine rings is 1. The van der Waals surface area contributed by atoms with Gasteiger partial charge in [0.15, 0.2) is 0 Å². The molecule has 3 atom stereocenters. The number of hydrogen-bond acceptors (Lipinski definition) is 8. The number of nitrogens with zero attached hydrogens (tertiary/aromatic N) is 4. The first-order valence-electron chi connectivity index (χ1n) is 14.3. The van der Waals surface area contributed by atoms with Gasteiger partial charge in [-0.2, -0.15) is 5.26 Å². The summed E-state index contributed by atoms with van der Waals surface area (Å²) in [5, 5.41) is 14.2. The van der Waals surface area contributed by atoms with Crippen LogP contribution in [0, 0.1) is 18.3 Å². The fraction of sp³-hybridized carbons (Fsp3) is 0.484. The molecule has 1 aliphatic carbocycles. The first-order chi connectivity index (χ1) is 19.5. The third-order valence-corrected chi connectivity index (χ3v) is 9.52. The van der Waals surface area contributed by atoms with Crippen LogP contribution in [-0.4, -0.2) is 58.7 Å². The average Bonchev–Trinajstić information content (AvgIpc) is 3.38. The molecule has 0 spiro atoms. The third kappa shape index (κ3) is 5.08. The SMILES string of the molecule is Cc1ccc2c(N)c(C(=O)NC3CCc4c(ccc(N5CC6CCC(C5)N6C(=O)OC(C)(C)C)c4C#N)C3)sc2n1. The maximum atomic E-state index is 13.2. The zero-order valence-corrected chi connectivity index (χ0v) is 24.8. The van der Waals surface area contributed by atoms with Crippen LogP contribution in [0.15, 0.2) is 24.3 Å². The smallest absolute Gasteiger partial charge is 0.410 e. The molecule has 2 aliphatic heterocycles. The van der Waals surface area contributed by atoms with Crippen LogP contribution in [0.25, 0.3) is 10.2 Å². The van der Waals surface area contributed by atoms with Crippen molar-refractivity contribution < 1.29 is 14.3 Å². The molecule has 3 aliphatic rings.